The van der Waals surface area contributed by atoms with E-state index >= 15 is 0 Å². The highest BCUT2D eigenvalue weighted by Gasteiger charge is 2.14. The molecule has 0 aliphatic rings. The van der Waals surface area contributed by atoms with Gasteiger partial charge in [-0.25, -0.2) is 0 Å². The van der Waals surface area contributed by atoms with Crippen molar-refractivity contribution in [3.05, 3.63) is 55.1 Å². The van der Waals surface area contributed by atoms with Gasteiger partial charge in [-0.3, -0.25) is 0 Å². The lowest BCUT2D eigenvalue weighted by molar-refractivity contribution is 0.887. The van der Waals surface area contributed by atoms with Crippen molar-refractivity contribution in [3.8, 4) is 0 Å². The average Bonchev–Trinajstić information content (AvgIpc) is 2.67. The molecule has 1 unspecified atom stereocenters. The van der Waals surface area contributed by atoms with Crippen LogP contribution < -0.4 is 5.73 Å². The maximum atomic E-state index is 6.22. The number of benzene rings is 1. The van der Waals surface area contributed by atoms with Crippen molar-refractivity contribution in [2.24, 2.45) is 5.73 Å². The summed E-state index contributed by atoms with van der Waals surface area (Å²) >= 11 is 11.2. The van der Waals surface area contributed by atoms with Crippen molar-refractivity contribution in [2.75, 3.05) is 0 Å². The normalized spacial score (nSPS) is 12.8. The van der Waals surface area contributed by atoms with Crippen LogP contribution in [0.4, 0.5) is 0 Å². The molecule has 0 amide bonds. The Morgan fingerprint density at radius 1 is 1.31 bits per heavy atom. The number of thiophene rings is 1. The molecule has 0 saturated carbocycles. The molecule has 2 aromatic rings. The van der Waals surface area contributed by atoms with Gasteiger partial charge in [0.2, 0.25) is 0 Å². The van der Waals surface area contributed by atoms with E-state index in [0.717, 1.165) is 14.9 Å². The maximum absolute atomic E-state index is 6.22. The lowest BCUT2D eigenvalue weighted by Gasteiger charge is -2.12. The van der Waals surface area contributed by atoms with Gasteiger partial charge < -0.3 is 5.73 Å². The zero-order valence-corrected chi connectivity index (χ0v) is 11.9. The lowest BCUT2D eigenvalue weighted by Crippen LogP contribution is -2.10. The Kier molecular flexibility index (Phi) is 3.70. The zero-order chi connectivity index (χ0) is 11.7. The van der Waals surface area contributed by atoms with E-state index in [1.807, 2.05) is 18.2 Å². The van der Waals surface area contributed by atoms with Gasteiger partial charge >= 0.3 is 0 Å². The minimum Gasteiger partial charge on any atom is -0.320 e. The molecule has 0 radical (unpaired) electrons. The van der Waals surface area contributed by atoms with Gasteiger partial charge in [-0.05, 0) is 42.8 Å². The third kappa shape index (κ3) is 2.48. The molecule has 0 fully saturated rings. The Balaban J connectivity index is 2.40. The first kappa shape index (κ1) is 12.1. The van der Waals surface area contributed by atoms with Crippen LogP contribution >= 0.6 is 38.9 Å². The third-order valence-corrected chi connectivity index (χ3v) is 4.40. The number of halogens is 2. The second-order valence-electron chi connectivity index (χ2n) is 3.59. The quantitative estimate of drug-likeness (QED) is 0.866. The molecule has 2 N–H and O–H groups in total. The molecule has 84 valence electrons. The highest BCUT2D eigenvalue weighted by Crippen LogP contribution is 2.32. The predicted molar refractivity (Wildman–Crippen MR) is 74.2 cm³/mol. The molecular formula is C12H11BrClNS. The zero-order valence-electron chi connectivity index (χ0n) is 8.71. The Bertz CT molecular complexity index is 509. The van der Waals surface area contributed by atoms with Crippen molar-refractivity contribution >= 4 is 38.9 Å². The molecule has 1 heterocycles. The lowest BCUT2D eigenvalue weighted by atomic mass is 10.1. The molecule has 0 saturated heterocycles. The fourth-order valence-corrected chi connectivity index (χ4v) is 3.10. The second kappa shape index (κ2) is 4.88. The summed E-state index contributed by atoms with van der Waals surface area (Å²) in [5, 5.41) is 0.710. The highest BCUT2D eigenvalue weighted by molar-refractivity contribution is 9.10. The van der Waals surface area contributed by atoms with Crippen LogP contribution in [0.2, 0.25) is 5.02 Å². The van der Waals surface area contributed by atoms with Gasteiger partial charge in [-0.1, -0.05) is 27.5 Å². The van der Waals surface area contributed by atoms with E-state index in [1.54, 1.807) is 11.3 Å². The average molecular weight is 317 g/mol. The van der Waals surface area contributed by atoms with E-state index in [-0.39, 0.29) is 6.04 Å². The Labute approximate surface area is 112 Å². The van der Waals surface area contributed by atoms with Crippen LogP contribution in [0.15, 0.2) is 34.8 Å². The molecule has 0 aliphatic carbocycles. The van der Waals surface area contributed by atoms with Crippen molar-refractivity contribution in [2.45, 2.75) is 13.0 Å². The summed E-state index contributed by atoms with van der Waals surface area (Å²) in [6.45, 7) is 2.08. The monoisotopic (exact) mass is 315 g/mol. The largest absolute Gasteiger partial charge is 0.320 e. The van der Waals surface area contributed by atoms with Gasteiger partial charge in [-0.2, -0.15) is 0 Å². The van der Waals surface area contributed by atoms with Crippen molar-refractivity contribution in [1.82, 2.24) is 0 Å². The van der Waals surface area contributed by atoms with E-state index in [1.165, 1.54) is 4.88 Å². The Hall–Kier alpha value is -0.350. The van der Waals surface area contributed by atoms with Crippen LogP contribution in [-0.4, -0.2) is 0 Å². The molecule has 0 bridgehead atoms. The minimum atomic E-state index is -0.119. The number of hydrogen-bond acceptors (Lipinski definition) is 2. The van der Waals surface area contributed by atoms with Crippen LogP contribution in [0.1, 0.15) is 21.4 Å². The van der Waals surface area contributed by atoms with Crippen LogP contribution in [0.5, 0.6) is 0 Å². The summed E-state index contributed by atoms with van der Waals surface area (Å²) in [6.07, 6.45) is 0. The topological polar surface area (TPSA) is 26.0 Å². The van der Waals surface area contributed by atoms with Gasteiger partial charge in [0.25, 0.3) is 0 Å². The Morgan fingerprint density at radius 2 is 2.06 bits per heavy atom. The number of aryl methyl sites for hydroxylation is 1. The van der Waals surface area contributed by atoms with E-state index in [0.29, 0.717) is 5.02 Å². The molecule has 1 nitrogen and oxygen atoms in total. The fourth-order valence-electron chi connectivity index (χ4n) is 1.53. The smallest absolute Gasteiger partial charge is 0.0657 e. The van der Waals surface area contributed by atoms with Crippen molar-refractivity contribution < 1.29 is 0 Å². The van der Waals surface area contributed by atoms with Crippen molar-refractivity contribution in [3.63, 3.8) is 0 Å². The third-order valence-electron chi connectivity index (χ3n) is 2.36. The van der Waals surface area contributed by atoms with Gasteiger partial charge in [0, 0.05) is 19.2 Å². The molecule has 0 aliphatic heterocycles. The van der Waals surface area contributed by atoms with E-state index in [4.69, 9.17) is 17.3 Å². The summed E-state index contributed by atoms with van der Waals surface area (Å²) in [5.74, 6) is 0. The van der Waals surface area contributed by atoms with Gasteiger partial charge in [0.15, 0.2) is 0 Å². The molecule has 1 aromatic heterocycles. The number of nitrogens with two attached hydrogens (primary N) is 1. The molecule has 16 heavy (non-hydrogen) atoms. The summed E-state index contributed by atoms with van der Waals surface area (Å²) < 4.78 is 0.996. The summed E-state index contributed by atoms with van der Waals surface area (Å²) in [5.41, 5.74) is 7.24. The highest BCUT2D eigenvalue weighted by atomic mass is 79.9. The van der Waals surface area contributed by atoms with E-state index in [9.17, 15) is 0 Å². The first-order valence-corrected chi connectivity index (χ1v) is 6.83. The van der Waals surface area contributed by atoms with Crippen molar-refractivity contribution in [1.29, 1.82) is 0 Å². The molecule has 2 rings (SSSR count). The molecule has 0 spiro atoms. The summed E-state index contributed by atoms with van der Waals surface area (Å²) in [4.78, 5) is 2.42. The van der Waals surface area contributed by atoms with Gasteiger partial charge in [-0.15, -0.1) is 11.3 Å². The molecule has 1 aromatic carbocycles. The summed E-state index contributed by atoms with van der Waals surface area (Å²) in [7, 11) is 0. The maximum Gasteiger partial charge on any atom is 0.0657 e. The standard InChI is InChI=1S/C12H11BrClNS/c1-7-2-5-11(16-7)12(15)9-6-8(14)3-4-10(9)13/h2-6,12H,15H2,1H3. The molecule has 4 heteroatoms. The number of rotatable bonds is 2. The molecular weight excluding hydrogens is 306 g/mol. The first-order chi connectivity index (χ1) is 7.58. The Morgan fingerprint density at radius 3 is 2.69 bits per heavy atom. The second-order valence-corrected chi connectivity index (χ2v) is 6.20. The molecule has 1 atom stereocenters. The van der Waals surface area contributed by atoms with Gasteiger partial charge in [0.05, 0.1) is 6.04 Å². The van der Waals surface area contributed by atoms with Gasteiger partial charge in [0.1, 0.15) is 0 Å². The number of hydrogen-bond donors (Lipinski definition) is 1. The van der Waals surface area contributed by atoms with Crippen LogP contribution in [0, 0.1) is 6.92 Å². The van der Waals surface area contributed by atoms with E-state index < -0.39 is 0 Å². The fraction of sp³-hybridized carbons (Fsp3) is 0.167. The first-order valence-electron chi connectivity index (χ1n) is 4.85. The minimum absolute atomic E-state index is 0.119. The SMILES string of the molecule is Cc1ccc(C(N)c2cc(Cl)ccc2Br)s1. The van der Waals surface area contributed by atoms with Crippen LogP contribution in [0.25, 0.3) is 0 Å². The predicted octanol–water partition coefficient (Wildman–Crippen LogP) is 4.52. The van der Waals surface area contributed by atoms with Crippen LogP contribution in [-0.2, 0) is 0 Å². The van der Waals surface area contributed by atoms with Crippen LogP contribution in [0.3, 0.4) is 0 Å². The van der Waals surface area contributed by atoms with E-state index in [2.05, 4.69) is 35.0 Å². The summed E-state index contributed by atoms with van der Waals surface area (Å²) in [6, 6.07) is 9.72.